The van der Waals surface area contributed by atoms with Crippen LogP contribution in [0.25, 0.3) is 10.9 Å². The monoisotopic (exact) mass is 511 g/mol. The topological polar surface area (TPSA) is 88.6 Å². The number of carbonyl (C=O) groups is 1. The van der Waals surface area contributed by atoms with Crippen molar-refractivity contribution in [1.82, 2.24) is 20.2 Å². The Balaban J connectivity index is 1.34. The quantitative estimate of drug-likeness (QED) is 0.539. The highest BCUT2D eigenvalue weighted by molar-refractivity contribution is 9.10. The van der Waals surface area contributed by atoms with Gasteiger partial charge in [0.2, 0.25) is 5.95 Å². The molecule has 0 spiro atoms. The number of morpholine rings is 1. The van der Waals surface area contributed by atoms with Gasteiger partial charge in [0.05, 0.1) is 13.2 Å². The van der Waals surface area contributed by atoms with Crippen LogP contribution in [0.4, 0.5) is 11.6 Å². The number of nitrogens with one attached hydrogen (secondary N) is 2. The van der Waals surface area contributed by atoms with Gasteiger partial charge in [-0.2, -0.15) is 0 Å². The molecule has 2 fully saturated rings. The van der Waals surface area contributed by atoms with Gasteiger partial charge >= 0.3 is 0 Å². The first-order chi connectivity index (χ1) is 16.2. The minimum Gasteiger partial charge on any atom is -0.488 e. The van der Waals surface area contributed by atoms with Crippen molar-refractivity contribution in [2.24, 2.45) is 0 Å². The molecule has 0 atom stereocenters. The Labute approximate surface area is 200 Å². The minimum absolute atomic E-state index is 0.0244. The van der Waals surface area contributed by atoms with E-state index in [9.17, 15) is 4.79 Å². The van der Waals surface area contributed by atoms with Gasteiger partial charge in [-0.3, -0.25) is 4.79 Å². The zero-order chi connectivity index (χ0) is 22.6. The molecule has 3 aromatic rings. The second-order valence-corrected chi connectivity index (χ2v) is 9.03. The third kappa shape index (κ3) is 5.10. The number of halogens is 1. The molecular formula is C24H26BrN5O3. The first-order valence-corrected chi connectivity index (χ1v) is 12.0. The molecule has 2 aliphatic rings. The van der Waals surface area contributed by atoms with E-state index in [-0.39, 0.29) is 12.0 Å². The number of nitrogens with zero attached hydrogens (tertiary/aromatic N) is 3. The number of hydrogen-bond donors (Lipinski definition) is 2. The number of ether oxygens (including phenoxy) is 2. The van der Waals surface area contributed by atoms with Gasteiger partial charge in [0.25, 0.3) is 5.91 Å². The summed E-state index contributed by atoms with van der Waals surface area (Å²) in [4.78, 5) is 23.7. The molecule has 2 aliphatic heterocycles. The number of anilines is 2. The summed E-state index contributed by atoms with van der Waals surface area (Å²) in [6.45, 7) is 4.35. The fourth-order valence-corrected chi connectivity index (χ4v) is 4.51. The SMILES string of the molecule is O=C(c1ccc(Nc2ncc3c(Br)ccc(OC4CCNCC4)c3n2)cc1)N1CCOCC1. The number of carbonyl (C=O) groups excluding carboxylic acids is 1. The van der Waals surface area contributed by atoms with Crippen molar-refractivity contribution in [3.8, 4) is 5.75 Å². The van der Waals surface area contributed by atoms with Crippen LogP contribution >= 0.6 is 15.9 Å². The molecule has 172 valence electrons. The molecule has 2 aromatic carbocycles. The van der Waals surface area contributed by atoms with E-state index < -0.39 is 0 Å². The van der Waals surface area contributed by atoms with E-state index in [2.05, 4.69) is 31.5 Å². The van der Waals surface area contributed by atoms with Gasteiger partial charge < -0.3 is 25.0 Å². The van der Waals surface area contributed by atoms with Gasteiger partial charge in [0, 0.05) is 40.4 Å². The number of hydrogen-bond acceptors (Lipinski definition) is 7. The van der Waals surface area contributed by atoms with Crippen molar-refractivity contribution < 1.29 is 14.3 Å². The molecule has 5 rings (SSSR count). The Morgan fingerprint density at radius 2 is 1.88 bits per heavy atom. The zero-order valence-corrected chi connectivity index (χ0v) is 19.8. The van der Waals surface area contributed by atoms with Crippen molar-refractivity contribution >= 4 is 44.4 Å². The molecule has 0 unspecified atom stereocenters. The molecule has 3 heterocycles. The van der Waals surface area contributed by atoms with E-state index in [0.717, 1.165) is 52.7 Å². The van der Waals surface area contributed by atoms with Crippen LogP contribution in [0.1, 0.15) is 23.2 Å². The summed E-state index contributed by atoms with van der Waals surface area (Å²) in [6, 6.07) is 11.3. The van der Waals surface area contributed by atoms with E-state index in [1.807, 2.05) is 41.3 Å². The maximum atomic E-state index is 12.7. The second kappa shape index (κ2) is 10.0. The number of benzene rings is 2. The van der Waals surface area contributed by atoms with Gasteiger partial charge in [-0.15, -0.1) is 0 Å². The number of fused-ring (bicyclic) bond motifs is 1. The molecule has 33 heavy (non-hydrogen) atoms. The van der Waals surface area contributed by atoms with Crippen molar-refractivity contribution in [3.63, 3.8) is 0 Å². The van der Waals surface area contributed by atoms with Gasteiger partial charge in [0.15, 0.2) is 0 Å². The summed E-state index contributed by atoms with van der Waals surface area (Å²) in [5.74, 6) is 1.26. The predicted molar refractivity (Wildman–Crippen MR) is 130 cm³/mol. The van der Waals surface area contributed by atoms with Crippen molar-refractivity contribution in [2.75, 3.05) is 44.7 Å². The third-order valence-electron chi connectivity index (χ3n) is 5.93. The highest BCUT2D eigenvalue weighted by atomic mass is 79.9. The van der Waals surface area contributed by atoms with E-state index in [0.29, 0.717) is 37.8 Å². The van der Waals surface area contributed by atoms with Crippen molar-refractivity contribution in [1.29, 1.82) is 0 Å². The van der Waals surface area contributed by atoms with Crippen LogP contribution in [0.2, 0.25) is 0 Å². The van der Waals surface area contributed by atoms with E-state index in [1.165, 1.54) is 0 Å². The number of aromatic nitrogens is 2. The highest BCUT2D eigenvalue weighted by Crippen LogP contribution is 2.32. The Hall–Kier alpha value is -2.75. The molecule has 1 amide bonds. The van der Waals surface area contributed by atoms with Crippen LogP contribution in [0, 0.1) is 0 Å². The summed E-state index contributed by atoms with van der Waals surface area (Å²) in [7, 11) is 0. The van der Waals surface area contributed by atoms with Crippen LogP contribution in [-0.4, -0.2) is 66.3 Å². The minimum atomic E-state index is 0.0244. The summed E-state index contributed by atoms with van der Waals surface area (Å²) in [5, 5.41) is 7.51. The zero-order valence-electron chi connectivity index (χ0n) is 18.2. The number of amides is 1. The lowest BCUT2D eigenvalue weighted by atomic mass is 10.1. The summed E-state index contributed by atoms with van der Waals surface area (Å²) >= 11 is 3.59. The first-order valence-electron chi connectivity index (χ1n) is 11.2. The summed E-state index contributed by atoms with van der Waals surface area (Å²) < 4.78 is 12.5. The van der Waals surface area contributed by atoms with Crippen LogP contribution in [0.3, 0.4) is 0 Å². The highest BCUT2D eigenvalue weighted by Gasteiger charge is 2.19. The molecule has 0 bridgehead atoms. The third-order valence-corrected chi connectivity index (χ3v) is 6.62. The lowest BCUT2D eigenvalue weighted by Gasteiger charge is -2.26. The molecule has 0 saturated carbocycles. The van der Waals surface area contributed by atoms with Crippen LogP contribution in [0.15, 0.2) is 47.1 Å². The average Bonchev–Trinajstić information content (AvgIpc) is 2.87. The van der Waals surface area contributed by atoms with Gasteiger partial charge in [0.1, 0.15) is 17.4 Å². The van der Waals surface area contributed by atoms with Crippen LogP contribution < -0.4 is 15.4 Å². The Bertz CT molecular complexity index is 1130. The van der Waals surface area contributed by atoms with Gasteiger partial charge in [-0.05, 0) is 62.3 Å². The largest absolute Gasteiger partial charge is 0.488 e. The normalized spacial score (nSPS) is 17.2. The molecule has 8 nitrogen and oxygen atoms in total. The molecule has 2 saturated heterocycles. The summed E-state index contributed by atoms with van der Waals surface area (Å²) in [6.07, 6.45) is 3.92. The molecule has 0 aliphatic carbocycles. The van der Waals surface area contributed by atoms with Crippen LogP contribution in [0.5, 0.6) is 5.75 Å². The smallest absolute Gasteiger partial charge is 0.254 e. The Morgan fingerprint density at radius 3 is 2.64 bits per heavy atom. The second-order valence-electron chi connectivity index (χ2n) is 8.18. The van der Waals surface area contributed by atoms with Crippen molar-refractivity contribution in [3.05, 3.63) is 52.6 Å². The number of rotatable bonds is 5. The van der Waals surface area contributed by atoms with Gasteiger partial charge in [-0.25, -0.2) is 9.97 Å². The average molecular weight is 512 g/mol. The predicted octanol–water partition coefficient (Wildman–Crippen LogP) is 3.74. The standard InChI is InChI=1S/C24H26BrN5O3/c25-20-5-6-21(33-18-7-9-26-10-8-18)22-19(20)15-27-24(29-22)28-17-3-1-16(2-4-17)23(31)30-11-13-32-14-12-30/h1-6,15,18,26H,7-14H2,(H,27,28,29). The lowest BCUT2D eigenvalue weighted by Crippen LogP contribution is -2.40. The molecule has 0 radical (unpaired) electrons. The lowest BCUT2D eigenvalue weighted by molar-refractivity contribution is 0.0303. The number of piperidine rings is 1. The maximum Gasteiger partial charge on any atom is 0.254 e. The molecular weight excluding hydrogens is 486 g/mol. The van der Waals surface area contributed by atoms with Crippen LogP contribution in [-0.2, 0) is 4.74 Å². The van der Waals surface area contributed by atoms with E-state index in [1.54, 1.807) is 6.20 Å². The summed E-state index contributed by atoms with van der Waals surface area (Å²) in [5.41, 5.74) is 2.23. The Morgan fingerprint density at radius 1 is 1.12 bits per heavy atom. The fourth-order valence-electron chi connectivity index (χ4n) is 4.08. The maximum absolute atomic E-state index is 12.7. The van der Waals surface area contributed by atoms with Gasteiger partial charge in [-0.1, -0.05) is 15.9 Å². The molecule has 2 N–H and O–H groups in total. The molecule has 9 heteroatoms. The van der Waals surface area contributed by atoms with Crippen molar-refractivity contribution in [2.45, 2.75) is 18.9 Å². The van der Waals surface area contributed by atoms with E-state index in [4.69, 9.17) is 14.5 Å². The van der Waals surface area contributed by atoms with E-state index >= 15 is 0 Å². The Kier molecular flexibility index (Phi) is 6.70. The first kappa shape index (κ1) is 22.1. The molecule has 1 aromatic heterocycles. The fraction of sp³-hybridized carbons (Fsp3) is 0.375.